The number of fused-ring (bicyclic) bond motifs is 2. The Morgan fingerprint density at radius 2 is 1.23 bits per heavy atom. The molecule has 3 heterocycles. The van der Waals surface area contributed by atoms with Crippen molar-refractivity contribution in [3.05, 3.63) is 71.0 Å². The monoisotopic (exact) mass is 540 g/mol. The molecule has 1 aliphatic rings. The lowest BCUT2D eigenvalue weighted by Gasteiger charge is -2.36. The van der Waals surface area contributed by atoms with E-state index in [1.807, 2.05) is 0 Å². The first-order valence-corrected chi connectivity index (χ1v) is 15.9. The molecule has 0 N–H and O–H groups in total. The van der Waals surface area contributed by atoms with E-state index < -0.39 is 5.41 Å². The predicted octanol–water partition coefficient (Wildman–Crippen LogP) is 9.39. The standard InChI is InChI=1S/C36H48N2O2/c1-5-7-23-37-27(3)34(29-18-12-14-20-31(29)37)36(22-16-10-9-11-17-25-40-33(39)26-36)35-28(4)38(24-8-6-2)32-21-15-13-19-30(32)35/h12-15,18-21H,5-11,16-17,22-26H2,1-4H3. The van der Waals surface area contributed by atoms with Crippen LogP contribution in [0.4, 0.5) is 0 Å². The van der Waals surface area contributed by atoms with E-state index in [9.17, 15) is 4.79 Å². The van der Waals surface area contributed by atoms with Crippen LogP contribution >= 0.6 is 0 Å². The summed E-state index contributed by atoms with van der Waals surface area (Å²) in [5, 5.41) is 2.59. The lowest BCUT2D eigenvalue weighted by Crippen LogP contribution is -2.33. The molecule has 0 aliphatic carbocycles. The highest BCUT2D eigenvalue weighted by atomic mass is 16.5. The first kappa shape index (κ1) is 28.5. The molecule has 214 valence electrons. The number of esters is 1. The van der Waals surface area contributed by atoms with Gasteiger partial charge >= 0.3 is 5.97 Å². The Balaban J connectivity index is 1.86. The van der Waals surface area contributed by atoms with E-state index in [-0.39, 0.29) is 5.97 Å². The number of hydrogen-bond donors (Lipinski definition) is 0. The Morgan fingerprint density at radius 1 is 0.725 bits per heavy atom. The van der Waals surface area contributed by atoms with Crippen LogP contribution in [0.2, 0.25) is 0 Å². The normalized spacial score (nSPS) is 16.8. The number of cyclic esters (lactones) is 1. The highest BCUT2D eigenvalue weighted by Gasteiger charge is 2.44. The van der Waals surface area contributed by atoms with Gasteiger partial charge in [0.15, 0.2) is 0 Å². The molecule has 5 rings (SSSR count). The zero-order valence-corrected chi connectivity index (χ0v) is 25.2. The molecule has 0 unspecified atom stereocenters. The Hall–Kier alpha value is -3.01. The molecule has 2 aromatic carbocycles. The summed E-state index contributed by atoms with van der Waals surface area (Å²) >= 11 is 0. The summed E-state index contributed by atoms with van der Waals surface area (Å²) in [7, 11) is 0. The van der Waals surface area contributed by atoms with Crippen LogP contribution in [-0.2, 0) is 28.0 Å². The van der Waals surface area contributed by atoms with Gasteiger partial charge in [0.05, 0.1) is 13.0 Å². The van der Waals surface area contributed by atoms with Crippen LogP contribution in [0.3, 0.4) is 0 Å². The van der Waals surface area contributed by atoms with E-state index in [1.165, 1.54) is 57.2 Å². The molecule has 1 aliphatic heterocycles. The first-order valence-electron chi connectivity index (χ1n) is 15.9. The third kappa shape index (κ3) is 5.22. The van der Waals surface area contributed by atoms with Gasteiger partial charge in [0.2, 0.25) is 0 Å². The summed E-state index contributed by atoms with van der Waals surface area (Å²) in [5.41, 5.74) is 7.43. The van der Waals surface area contributed by atoms with Gasteiger partial charge in [-0.05, 0) is 62.8 Å². The molecule has 40 heavy (non-hydrogen) atoms. The quantitative estimate of drug-likeness (QED) is 0.209. The van der Waals surface area contributed by atoms with Crippen LogP contribution in [0.1, 0.15) is 107 Å². The van der Waals surface area contributed by atoms with Gasteiger partial charge in [-0.3, -0.25) is 4.79 Å². The third-order valence-corrected chi connectivity index (χ3v) is 9.35. The minimum absolute atomic E-state index is 0.0588. The van der Waals surface area contributed by atoms with E-state index in [1.54, 1.807) is 0 Å². The number of unbranched alkanes of at least 4 members (excludes halogenated alkanes) is 2. The Labute approximate surface area is 240 Å². The maximum Gasteiger partial charge on any atom is 0.307 e. The van der Waals surface area contributed by atoms with Crippen LogP contribution in [0, 0.1) is 13.8 Å². The fraction of sp³-hybridized carbons (Fsp3) is 0.528. The zero-order chi connectivity index (χ0) is 28.1. The summed E-state index contributed by atoms with van der Waals surface area (Å²) in [6.07, 6.45) is 11.5. The van der Waals surface area contributed by atoms with E-state index in [0.29, 0.717) is 13.0 Å². The zero-order valence-electron chi connectivity index (χ0n) is 25.2. The molecule has 0 amide bonds. The molecule has 4 nitrogen and oxygen atoms in total. The molecule has 0 bridgehead atoms. The van der Waals surface area contributed by atoms with Crippen molar-refractivity contribution in [3.63, 3.8) is 0 Å². The average molecular weight is 541 g/mol. The minimum Gasteiger partial charge on any atom is -0.466 e. The summed E-state index contributed by atoms with van der Waals surface area (Å²) < 4.78 is 11.0. The second-order valence-electron chi connectivity index (χ2n) is 12.0. The van der Waals surface area contributed by atoms with E-state index >= 15 is 0 Å². The van der Waals surface area contributed by atoms with E-state index in [4.69, 9.17) is 4.74 Å². The predicted molar refractivity (Wildman–Crippen MR) is 167 cm³/mol. The summed E-state index contributed by atoms with van der Waals surface area (Å²) in [4.78, 5) is 13.8. The second kappa shape index (κ2) is 12.7. The molecular weight excluding hydrogens is 492 g/mol. The van der Waals surface area contributed by atoms with Crippen molar-refractivity contribution in [2.75, 3.05) is 6.61 Å². The van der Waals surface area contributed by atoms with Gasteiger partial charge in [0.1, 0.15) is 0 Å². The lowest BCUT2D eigenvalue weighted by atomic mass is 9.66. The van der Waals surface area contributed by atoms with Crippen molar-refractivity contribution in [3.8, 4) is 0 Å². The van der Waals surface area contributed by atoms with Crippen LogP contribution in [0.15, 0.2) is 48.5 Å². The van der Waals surface area contributed by atoms with Crippen molar-refractivity contribution in [1.29, 1.82) is 0 Å². The molecular formula is C36H48N2O2. The maximum atomic E-state index is 13.8. The molecule has 1 saturated heterocycles. The van der Waals surface area contributed by atoms with Crippen molar-refractivity contribution >= 4 is 27.8 Å². The number of nitrogens with zero attached hydrogens (tertiary/aromatic N) is 2. The number of aryl methyl sites for hydroxylation is 2. The summed E-state index contributed by atoms with van der Waals surface area (Å²) in [6.45, 7) is 11.7. The number of rotatable bonds is 8. The lowest BCUT2D eigenvalue weighted by molar-refractivity contribution is -0.145. The number of carbonyl (C=O) groups excluding carboxylic acids is 1. The summed E-state index contributed by atoms with van der Waals surface area (Å²) in [6, 6.07) is 17.8. The molecule has 0 spiro atoms. The highest BCUT2D eigenvalue weighted by molar-refractivity contribution is 5.93. The van der Waals surface area contributed by atoms with Gasteiger partial charge in [-0.15, -0.1) is 0 Å². The Bertz CT molecular complexity index is 1360. The Morgan fingerprint density at radius 3 is 1.77 bits per heavy atom. The number of aromatic nitrogens is 2. The number of para-hydroxylation sites is 2. The van der Waals surface area contributed by atoms with Crippen molar-refractivity contribution < 1.29 is 9.53 Å². The molecule has 0 radical (unpaired) electrons. The number of carbonyl (C=O) groups is 1. The summed E-state index contributed by atoms with van der Waals surface area (Å²) in [5.74, 6) is -0.0588. The molecule has 4 heteroatoms. The molecule has 0 saturated carbocycles. The fourth-order valence-electron chi connectivity index (χ4n) is 7.46. The van der Waals surface area contributed by atoms with E-state index in [2.05, 4.69) is 85.4 Å². The maximum absolute atomic E-state index is 13.8. The number of hydrogen-bond acceptors (Lipinski definition) is 2. The third-order valence-electron chi connectivity index (χ3n) is 9.35. The molecule has 4 aromatic rings. The number of benzene rings is 2. The largest absolute Gasteiger partial charge is 0.466 e. The van der Waals surface area contributed by atoms with Gasteiger partial charge in [-0.1, -0.05) is 88.8 Å². The first-order chi connectivity index (χ1) is 19.5. The van der Waals surface area contributed by atoms with E-state index in [0.717, 1.165) is 64.5 Å². The topological polar surface area (TPSA) is 36.2 Å². The van der Waals surface area contributed by atoms with Gasteiger partial charge in [0.25, 0.3) is 0 Å². The van der Waals surface area contributed by atoms with Gasteiger partial charge in [-0.2, -0.15) is 0 Å². The minimum atomic E-state index is -0.455. The molecule has 2 aromatic heterocycles. The van der Waals surface area contributed by atoms with Crippen molar-refractivity contribution in [1.82, 2.24) is 9.13 Å². The fourth-order valence-corrected chi connectivity index (χ4v) is 7.46. The molecule has 0 atom stereocenters. The smallest absolute Gasteiger partial charge is 0.307 e. The van der Waals surface area contributed by atoms with Crippen LogP contribution in [0.25, 0.3) is 21.8 Å². The molecule has 1 fully saturated rings. The van der Waals surface area contributed by atoms with Crippen molar-refractivity contribution in [2.45, 2.75) is 117 Å². The van der Waals surface area contributed by atoms with Crippen molar-refractivity contribution in [2.24, 2.45) is 0 Å². The van der Waals surface area contributed by atoms with Crippen LogP contribution < -0.4 is 0 Å². The van der Waals surface area contributed by atoms with Crippen LogP contribution in [-0.4, -0.2) is 21.7 Å². The van der Waals surface area contributed by atoms with Gasteiger partial charge in [-0.25, -0.2) is 0 Å². The highest BCUT2D eigenvalue weighted by Crippen LogP contribution is 2.50. The average Bonchev–Trinajstić information content (AvgIpc) is 3.39. The SMILES string of the molecule is CCCCn1c(C)c(C2(c3c(C)n(CCCC)c4ccccc34)CCCCCCCOC(=O)C2)c2ccccc21. The van der Waals surface area contributed by atoms with Gasteiger partial charge < -0.3 is 13.9 Å². The van der Waals surface area contributed by atoms with Gasteiger partial charge in [0, 0.05) is 51.7 Å². The Kier molecular flexibility index (Phi) is 9.03. The number of ether oxygens (including phenoxy) is 1. The van der Waals surface area contributed by atoms with Crippen LogP contribution in [0.5, 0.6) is 0 Å². The second-order valence-corrected chi connectivity index (χ2v) is 12.0.